The summed E-state index contributed by atoms with van der Waals surface area (Å²) < 4.78 is 57.3. The molecule has 2 amide bonds. The molecule has 0 aromatic heterocycles. The van der Waals surface area contributed by atoms with Crippen LogP contribution < -0.4 is 10.6 Å². The first-order chi connectivity index (χ1) is 36.2. The molecule has 2 fully saturated rings. The lowest BCUT2D eigenvalue weighted by molar-refractivity contribution is -0.294. The molecule has 12 atom stereocenters. The lowest BCUT2D eigenvalue weighted by Gasteiger charge is -2.45. The van der Waals surface area contributed by atoms with Crippen LogP contribution in [0.25, 0.3) is 0 Å². The molecule has 24 heteroatoms. The van der Waals surface area contributed by atoms with Crippen LogP contribution in [0, 0.1) is 0 Å². The van der Waals surface area contributed by atoms with Crippen LogP contribution in [-0.2, 0) is 51.5 Å². The number of aliphatic hydroxyl groups is 5. The van der Waals surface area contributed by atoms with E-state index in [9.17, 15) is 68.6 Å². The molecule has 2 aliphatic rings. The van der Waals surface area contributed by atoms with Gasteiger partial charge in [-0.1, -0.05) is 181 Å². The third-order valence-electron chi connectivity index (χ3n) is 14.0. The molecule has 448 valence electrons. The topological polar surface area (TPSA) is 347 Å². The van der Waals surface area contributed by atoms with Gasteiger partial charge in [0.05, 0.1) is 32.2 Å². The molecule has 2 saturated heterocycles. The van der Waals surface area contributed by atoms with Crippen molar-refractivity contribution in [1.82, 2.24) is 10.6 Å². The molecular formula is C52H100N2O20P2. The van der Waals surface area contributed by atoms with Gasteiger partial charge in [-0.2, -0.15) is 0 Å². The van der Waals surface area contributed by atoms with E-state index in [2.05, 4.69) is 31.4 Å². The van der Waals surface area contributed by atoms with Gasteiger partial charge in [0.15, 0.2) is 12.6 Å². The Balaban J connectivity index is 2.22. The van der Waals surface area contributed by atoms with Crippen molar-refractivity contribution in [3.05, 3.63) is 0 Å². The molecule has 2 aliphatic heterocycles. The van der Waals surface area contributed by atoms with Crippen molar-refractivity contribution in [3.8, 4) is 0 Å². The van der Waals surface area contributed by atoms with Crippen molar-refractivity contribution in [2.75, 3.05) is 13.2 Å². The van der Waals surface area contributed by atoms with Crippen molar-refractivity contribution in [2.24, 2.45) is 0 Å². The van der Waals surface area contributed by atoms with Crippen molar-refractivity contribution in [2.45, 2.75) is 300 Å². The molecule has 2 rings (SSSR count). The average molecular weight is 1140 g/mol. The molecule has 0 unspecified atom stereocenters. The van der Waals surface area contributed by atoms with E-state index in [1.807, 2.05) is 0 Å². The predicted octanol–water partition coefficient (Wildman–Crippen LogP) is 6.90. The molecule has 0 spiro atoms. The Morgan fingerprint density at radius 2 is 0.961 bits per heavy atom. The predicted molar refractivity (Wildman–Crippen MR) is 283 cm³/mol. The SMILES string of the molecule is CCCCCCCCCCCC(=O)O[C@H](CCCCCCCCCCC)CC(=O)N[C@H]1[C@H](OC[C@H]2O[C@H](OP(=O)(O)O)[C@H](NC(=O)C[C@H](O)CCCCCCCCCCC)[C@@H](O)[C@@H]2O)O[C@H](CO)[C@@H](O)[C@@H]1OP(=O)(O)O. The van der Waals surface area contributed by atoms with Gasteiger partial charge in [-0.15, -0.1) is 0 Å². The summed E-state index contributed by atoms with van der Waals surface area (Å²) in [5.74, 6) is -2.16. The summed E-state index contributed by atoms with van der Waals surface area (Å²) in [6, 6.07) is -3.58. The molecular weight excluding hydrogens is 1030 g/mol. The fourth-order valence-electron chi connectivity index (χ4n) is 9.70. The second kappa shape index (κ2) is 40.5. The minimum absolute atomic E-state index is 0.143. The van der Waals surface area contributed by atoms with Crippen LogP contribution in [0.1, 0.15) is 226 Å². The lowest BCUT2D eigenvalue weighted by atomic mass is 9.95. The zero-order valence-corrected chi connectivity index (χ0v) is 47.7. The number of phosphoric ester groups is 2. The van der Waals surface area contributed by atoms with E-state index in [1.54, 1.807) is 0 Å². The number of carbonyl (C=O) groups is 3. The number of unbranched alkanes of at least 4 members (excludes halogenated alkanes) is 24. The van der Waals surface area contributed by atoms with E-state index in [1.165, 1.54) is 64.2 Å². The zero-order chi connectivity index (χ0) is 56.4. The number of hydrogen-bond acceptors (Lipinski definition) is 16. The monoisotopic (exact) mass is 1130 g/mol. The standard InChI is InChI=1S/C52H100N2O20P2/c1-4-7-10-13-16-19-22-25-28-31-38(56)34-42(57)53-45-49(62)47(60)41(72-52(45)74-76(66,67)68)37-69-51-46(50(73-75(63,64)65)48(61)40(36-55)71-51)54-43(58)35-39(32-29-26-23-20-17-14-11-8-5-2)70-44(59)33-30-27-24-21-18-15-12-9-6-3/h38-41,45-52,55-56,60-62H,4-37H2,1-3H3,(H,53,57)(H,54,58)(H2,63,64,65)(H2,66,67,68)/t38-,39-,40-,41-,45-,46-,47-,48-,49-,50-,51-,52-/m1/s1. The summed E-state index contributed by atoms with van der Waals surface area (Å²) in [6.45, 7) is 4.66. The number of rotatable bonds is 45. The van der Waals surface area contributed by atoms with E-state index >= 15 is 0 Å². The van der Waals surface area contributed by atoms with Crippen LogP contribution in [0.5, 0.6) is 0 Å². The van der Waals surface area contributed by atoms with Crippen molar-refractivity contribution < 1.29 is 96.6 Å². The van der Waals surface area contributed by atoms with Crippen LogP contribution >= 0.6 is 15.6 Å². The zero-order valence-electron chi connectivity index (χ0n) is 45.9. The second-order valence-electron chi connectivity index (χ2n) is 20.9. The summed E-state index contributed by atoms with van der Waals surface area (Å²) in [5, 5.41) is 59.2. The Kier molecular flexibility index (Phi) is 37.5. The Hall–Kier alpha value is -1.69. The van der Waals surface area contributed by atoms with E-state index in [0.717, 1.165) is 89.9 Å². The van der Waals surface area contributed by atoms with Crippen LogP contribution in [0.15, 0.2) is 0 Å². The minimum Gasteiger partial charge on any atom is -0.462 e. The van der Waals surface area contributed by atoms with Crippen LogP contribution in [0.2, 0.25) is 0 Å². The maximum Gasteiger partial charge on any atom is 0.472 e. The largest absolute Gasteiger partial charge is 0.472 e. The Labute approximate surface area is 452 Å². The molecule has 11 N–H and O–H groups in total. The van der Waals surface area contributed by atoms with Gasteiger partial charge in [0.1, 0.15) is 54.8 Å². The highest BCUT2D eigenvalue weighted by molar-refractivity contribution is 7.46. The van der Waals surface area contributed by atoms with Gasteiger partial charge in [-0.3, -0.25) is 23.4 Å². The molecule has 0 saturated carbocycles. The highest BCUT2D eigenvalue weighted by Crippen LogP contribution is 2.43. The summed E-state index contributed by atoms with van der Waals surface area (Å²) >= 11 is 0. The van der Waals surface area contributed by atoms with Crippen molar-refractivity contribution in [1.29, 1.82) is 0 Å². The van der Waals surface area contributed by atoms with Gasteiger partial charge in [0.25, 0.3) is 0 Å². The number of aliphatic hydroxyl groups excluding tert-OH is 5. The fraction of sp³-hybridized carbons (Fsp3) is 0.942. The highest BCUT2D eigenvalue weighted by atomic mass is 31.2. The van der Waals surface area contributed by atoms with Gasteiger partial charge in [-0.05, 0) is 25.7 Å². The van der Waals surface area contributed by atoms with E-state index < -0.39 is 133 Å². The number of amides is 2. The highest BCUT2D eigenvalue weighted by Gasteiger charge is 2.52. The normalized spacial score (nSPS) is 25.0. The lowest BCUT2D eigenvalue weighted by Crippen LogP contribution is -2.67. The maximum absolute atomic E-state index is 14.0. The first-order valence-corrected chi connectivity index (χ1v) is 31.8. The van der Waals surface area contributed by atoms with Crippen LogP contribution in [-0.4, -0.2) is 150 Å². The summed E-state index contributed by atoms with van der Waals surface area (Å²) in [7, 11) is -10.9. The van der Waals surface area contributed by atoms with Gasteiger partial charge in [-0.25, -0.2) is 9.13 Å². The maximum atomic E-state index is 14.0. The first-order valence-electron chi connectivity index (χ1n) is 28.7. The second-order valence-corrected chi connectivity index (χ2v) is 23.3. The number of nitrogens with one attached hydrogen (secondary N) is 2. The number of hydrogen-bond donors (Lipinski definition) is 11. The Morgan fingerprint density at radius 3 is 1.45 bits per heavy atom. The van der Waals surface area contributed by atoms with Gasteiger partial charge in [0, 0.05) is 6.42 Å². The summed E-state index contributed by atoms with van der Waals surface area (Å²) in [4.78, 5) is 79.6. The first kappa shape index (κ1) is 70.4. The minimum atomic E-state index is -5.47. The quantitative estimate of drug-likeness (QED) is 0.0168. The Morgan fingerprint density at radius 1 is 0.526 bits per heavy atom. The van der Waals surface area contributed by atoms with E-state index in [4.69, 9.17) is 28.0 Å². The smallest absolute Gasteiger partial charge is 0.462 e. The van der Waals surface area contributed by atoms with Crippen LogP contribution in [0.4, 0.5) is 0 Å². The number of ether oxygens (including phenoxy) is 4. The molecule has 76 heavy (non-hydrogen) atoms. The third-order valence-corrected chi connectivity index (χ3v) is 15.0. The Bertz CT molecular complexity index is 1640. The van der Waals surface area contributed by atoms with Gasteiger partial charge < -0.3 is 74.7 Å². The van der Waals surface area contributed by atoms with Gasteiger partial charge in [0.2, 0.25) is 11.8 Å². The molecule has 2 heterocycles. The summed E-state index contributed by atoms with van der Waals surface area (Å²) in [5.41, 5.74) is 0. The average Bonchev–Trinajstić information content (AvgIpc) is 3.34. The molecule has 0 bridgehead atoms. The molecule has 0 radical (unpaired) electrons. The molecule has 0 aliphatic carbocycles. The van der Waals surface area contributed by atoms with E-state index in [-0.39, 0.29) is 6.42 Å². The number of phosphoric acid groups is 2. The number of carbonyl (C=O) groups excluding carboxylic acids is 3. The molecule has 0 aromatic carbocycles. The molecule has 22 nitrogen and oxygen atoms in total. The summed E-state index contributed by atoms with van der Waals surface area (Å²) in [6.07, 6.45) is 10.5. The third kappa shape index (κ3) is 31.3. The van der Waals surface area contributed by atoms with Crippen molar-refractivity contribution >= 4 is 33.4 Å². The van der Waals surface area contributed by atoms with E-state index in [0.29, 0.717) is 32.1 Å². The van der Waals surface area contributed by atoms with Crippen LogP contribution in [0.3, 0.4) is 0 Å². The fourth-order valence-corrected chi connectivity index (χ4v) is 10.7. The number of esters is 1. The van der Waals surface area contributed by atoms with Crippen molar-refractivity contribution in [3.63, 3.8) is 0 Å². The van der Waals surface area contributed by atoms with Gasteiger partial charge >= 0.3 is 21.6 Å². The molecule has 0 aromatic rings.